The molecule has 0 fully saturated rings. The minimum atomic E-state index is 0.657. The van der Waals surface area contributed by atoms with Crippen LogP contribution in [0.2, 0.25) is 0 Å². The second-order valence-electron chi connectivity index (χ2n) is 4.33. The predicted molar refractivity (Wildman–Crippen MR) is 70.4 cm³/mol. The Balaban J connectivity index is 2.44. The maximum absolute atomic E-state index is 5.69. The third-order valence-corrected chi connectivity index (χ3v) is 3.20. The second kappa shape index (κ2) is 4.77. The van der Waals surface area contributed by atoms with E-state index in [1.165, 1.54) is 22.5 Å². The van der Waals surface area contributed by atoms with Crippen molar-refractivity contribution in [3.8, 4) is 0 Å². The molecule has 1 aromatic rings. The Morgan fingerprint density at radius 1 is 1.24 bits per heavy atom. The van der Waals surface area contributed by atoms with Crippen molar-refractivity contribution < 1.29 is 0 Å². The van der Waals surface area contributed by atoms with E-state index in [2.05, 4.69) is 41.6 Å². The average molecular weight is 232 g/mol. The lowest BCUT2D eigenvalue weighted by Crippen LogP contribution is -2.37. The molecule has 1 aliphatic heterocycles. The van der Waals surface area contributed by atoms with Crippen LogP contribution < -0.4 is 11.2 Å². The zero-order valence-electron chi connectivity index (χ0n) is 10.7. The standard InChI is InChI=1S/C13H20N4/c1-10-6-4-5-7-11(10)13-12(8-9-14)16(2)17(3)15-13/h4-7,15H,8-9,14H2,1-3H3. The van der Waals surface area contributed by atoms with Crippen molar-refractivity contribution in [1.29, 1.82) is 0 Å². The zero-order valence-corrected chi connectivity index (χ0v) is 10.7. The van der Waals surface area contributed by atoms with E-state index in [9.17, 15) is 0 Å². The molecule has 4 nitrogen and oxygen atoms in total. The molecule has 3 N–H and O–H groups in total. The number of nitrogens with zero attached hydrogens (tertiary/aromatic N) is 2. The fraction of sp³-hybridized carbons (Fsp3) is 0.385. The molecule has 0 spiro atoms. The molecule has 0 atom stereocenters. The lowest BCUT2D eigenvalue weighted by Gasteiger charge is -2.23. The van der Waals surface area contributed by atoms with Crippen LogP contribution >= 0.6 is 0 Å². The fourth-order valence-electron chi connectivity index (χ4n) is 2.14. The molecule has 17 heavy (non-hydrogen) atoms. The second-order valence-corrected chi connectivity index (χ2v) is 4.33. The molecule has 0 saturated heterocycles. The Hall–Kier alpha value is -1.52. The van der Waals surface area contributed by atoms with Crippen molar-refractivity contribution >= 4 is 5.70 Å². The van der Waals surface area contributed by atoms with Gasteiger partial charge in [0.25, 0.3) is 0 Å². The van der Waals surface area contributed by atoms with Gasteiger partial charge in [0.05, 0.1) is 11.4 Å². The van der Waals surface area contributed by atoms with E-state index in [4.69, 9.17) is 5.73 Å². The lowest BCUT2D eigenvalue weighted by molar-refractivity contribution is 0.0527. The number of benzene rings is 1. The van der Waals surface area contributed by atoms with Crippen LogP contribution in [0.3, 0.4) is 0 Å². The van der Waals surface area contributed by atoms with E-state index in [1.807, 2.05) is 19.2 Å². The van der Waals surface area contributed by atoms with Crippen LogP contribution in [-0.2, 0) is 0 Å². The number of aryl methyl sites for hydroxylation is 1. The Bertz CT molecular complexity index is 439. The van der Waals surface area contributed by atoms with Gasteiger partial charge < -0.3 is 5.73 Å². The van der Waals surface area contributed by atoms with E-state index in [-0.39, 0.29) is 0 Å². The summed E-state index contributed by atoms with van der Waals surface area (Å²) in [4.78, 5) is 0. The molecule has 2 rings (SSSR count). The maximum Gasteiger partial charge on any atom is 0.0789 e. The molecule has 0 aromatic heterocycles. The normalized spacial score (nSPS) is 16.6. The molecule has 92 valence electrons. The van der Waals surface area contributed by atoms with E-state index < -0.39 is 0 Å². The first-order chi connectivity index (χ1) is 8.15. The zero-order chi connectivity index (χ0) is 12.4. The Kier molecular flexibility index (Phi) is 3.36. The van der Waals surface area contributed by atoms with Gasteiger partial charge in [-0.25, -0.2) is 0 Å². The van der Waals surface area contributed by atoms with Gasteiger partial charge >= 0.3 is 0 Å². The maximum atomic E-state index is 5.69. The summed E-state index contributed by atoms with van der Waals surface area (Å²) in [6.07, 6.45) is 0.873. The molecule has 0 radical (unpaired) electrons. The molecule has 0 bridgehead atoms. The van der Waals surface area contributed by atoms with Gasteiger partial charge in [0.1, 0.15) is 0 Å². The third kappa shape index (κ3) is 2.14. The van der Waals surface area contributed by atoms with Gasteiger partial charge in [0.2, 0.25) is 0 Å². The number of hydrogen-bond acceptors (Lipinski definition) is 4. The molecule has 0 amide bonds. The quantitative estimate of drug-likeness (QED) is 0.825. The number of hydrazine groups is 2. The van der Waals surface area contributed by atoms with Gasteiger partial charge in [-0.3, -0.25) is 10.4 Å². The molecule has 1 aliphatic rings. The highest BCUT2D eigenvalue weighted by atomic mass is 15.8. The highest BCUT2D eigenvalue weighted by Gasteiger charge is 2.24. The van der Waals surface area contributed by atoms with Crippen LogP contribution in [0.15, 0.2) is 30.0 Å². The van der Waals surface area contributed by atoms with E-state index >= 15 is 0 Å². The summed E-state index contributed by atoms with van der Waals surface area (Å²) in [5.41, 5.74) is 14.0. The summed E-state index contributed by atoms with van der Waals surface area (Å²) >= 11 is 0. The SMILES string of the molecule is Cc1ccccc1C1=C(CCN)N(C)N(C)N1. The van der Waals surface area contributed by atoms with Crippen LogP contribution in [-0.4, -0.2) is 30.8 Å². The van der Waals surface area contributed by atoms with Crippen molar-refractivity contribution in [3.05, 3.63) is 41.1 Å². The van der Waals surface area contributed by atoms with Gasteiger partial charge in [-0.1, -0.05) is 24.3 Å². The van der Waals surface area contributed by atoms with Crippen LogP contribution in [0.4, 0.5) is 0 Å². The van der Waals surface area contributed by atoms with Gasteiger partial charge in [-0.15, -0.1) is 5.12 Å². The van der Waals surface area contributed by atoms with Crippen LogP contribution in [0.5, 0.6) is 0 Å². The third-order valence-electron chi connectivity index (χ3n) is 3.20. The summed E-state index contributed by atoms with van der Waals surface area (Å²) in [7, 11) is 4.05. The van der Waals surface area contributed by atoms with Crippen molar-refractivity contribution in [2.75, 3.05) is 20.6 Å². The smallest absolute Gasteiger partial charge is 0.0789 e. The van der Waals surface area contributed by atoms with Crippen molar-refractivity contribution in [3.63, 3.8) is 0 Å². The number of hydrogen-bond donors (Lipinski definition) is 2. The van der Waals surface area contributed by atoms with Crippen LogP contribution in [0.1, 0.15) is 17.5 Å². The number of nitrogens with two attached hydrogens (primary N) is 1. The van der Waals surface area contributed by atoms with Crippen molar-refractivity contribution in [2.24, 2.45) is 5.73 Å². The largest absolute Gasteiger partial charge is 0.330 e. The molecule has 0 aliphatic carbocycles. The summed E-state index contributed by atoms with van der Waals surface area (Å²) in [6.45, 7) is 2.78. The molecule has 1 aromatic carbocycles. The Morgan fingerprint density at radius 3 is 2.59 bits per heavy atom. The van der Waals surface area contributed by atoms with Crippen molar-refractivity contribution in [1.82, 2.24) is 15.6 Å². The summed E-state index contributed by atoms with van der Waals surface area (Å²) in [5, 5.41) is 4.08. The minimum Gasteiger partial charge on any atom is -0.330 e. The van der Waals surface area contributed by atoms with Gasteiger partial charge in [0, 0.05) is 26.1 Å². The first-order valence-electron chi connectivity index (χ1n) is 5.88. The van der Waals surface area contributed by atoms with Crippen LogP contribution in [0.25, 0.3) is 5.70 Å². The van der Waals surface area contributed by atoms with Gasteiger partial charge in [0.15, 0.2) is 0 Å². The van der Waals surface area contributed by atoms with Crippen LogP contribution in [0, 0.1) is 6.92 Å². The molecule has 4 heteroatoms. The number of rotatable bonds is 3. The first-order valence-corrected chi connectivity index (χ1v) is 5.88. The summed E-state index contributed by atoms with van der Waals surface area (Å²) in [5.74, 6) is 0. The first kappa shape index (κ1) is 12.0. The molecule has 0 saturated carbocycles. The molecular formula is C13H20N4. The summed E-state index contributed by atoms with van der Waals surface area (Å²) in [6, 6.07) is 8.39. The Labute approximate surface area is 103 Å². The highest BCUT2D eigenvalue weighted by Crippen LogP contribution is 2.28. The molecule has 1 heterocycles. The van der Waals surface area contributed by atoms with Gasteiger partial charge in [-0.2, -0.15) is 0 Å². The van der Waals surface area contributed by atoms with Crippen molar-refractivity contribution in [2.45, 2.75) is 13.3 Å². The highest BCUT2D eigenvalue weighted by molar-refractivity contribution is 5.70. The molecular weight excluding hydrogens is 212 g/mol. The average Bonchev–Trinajstić information content (AvgIpc) is 2.58. The monoisotopic (exact) mass is 232 g/mol. The lowest BCUT2D eigenvalue weighted by atomic mass is 10.0. The topological polar surface area (TPSA) is 44.5 Å². The number of nitrogens with one attached hydrogen (secondary N) is 1. The fourth-order valence-corrected chi connectivity index (χ4v) is 2.14. The van der Waals surface area contributed by atoms with Gasteiger partial charge in [-0.05, 0) is 19.0 Å². The van der Waals surface area contributed by atoms with E-state index in [1.54, 1.807) is 0 Å². The molecule has 0 unspecified atom stereocenters. The predicted octanol–water partition coefficient (Wildman–Crippen LogP) is 1.31. The van der Waals surface area contributed by atoms with E-state index in [0.29, 0.717) is 6.54 Å². The Morgan fingerprint density at radius 2 is 1.94 bits per heavy atom. The minimum absolute atomic E-state index is 0.657. The van der Waals surface area contributed by atoms with E-state index in [0.717, 1.165) is 6.42 Å². The summed E-state index contributed by atoms with van der Waals surface area (Å²) < 4.78 is 0.